The summed E-state index contributed by atoms with van der Waals surface area (Å²) in [5.74, 6) is -0.526. The highest BCUT2D eigenvalue weighted by Gasteiger charge is 2.19. The van der Waals surface area contributed by atoms with Crippen LogP contribution in [0.2, 0.25) is 0 Å². The van der Waals surface area contributed by atoms with Crippen LogP contribution in [0.5, 0.6) is 0 Å². The van der Waals surface area contributed by atoms with E-state index in [0.29, 0.717) is 11.3 Å². The summed E-state index contributed by atoms with van der Waals surface area (Å²) in [4.78, 5) is 11.4. The largest absolute Gasteiger partial charge is 0.461 e. The number of nitrogens with one attached hydrogen (secondary N) is 1. The van der Waals surface area contributed by atoms with Crippen molar-refractivity contribution in [1.29, 1.82) is 0 Å². The van der Waals surface area contributed by atoms with Crippen molar-refractivity contribution in [2.75, 3.05) is 6.61 Å². The van der Waals surface area contributed by atoms with E-state index in [0.717, 1.165) is 0 Å². The number of aromatic nitrogens is 4. The lowest BCUT2D eigenvalue weighted by atomic mass is 10.2. The maximum absolute atomic E-state index is 11.4. The third-order valence-electron chi connectivity index (χ3n) is 1.72. The first kappa shape index (κ1) is 9.38. The van der Waals surface area contributed by atoms with E-state index in [4.69, 9.17) is 4.74 Å². The predicted octanol–water partition coefficient (Wildman–Crippen LogP) is 0.636. The second kappa shape index (κ2) is 3.91. The summed E-state index contributed by atoms with van der Waals surface area (Å²) in [5.41, 5.74) is 1.07. The highest BCUT2D eigenvalue weighted by Crippen LogP contribution is 2.18. The van der Waals surface area contributed by atoms with Crippen LogP contribution in [0, 0.1) is 0 Å². The normalized spacial score (nSPS) is 10.2. The molecule has 0 aliphatic heterocycles. The molecule has 0 aliphatic rings. The highest BCUT2D eigenvalue weighted by molar-refractivity contribution is 5.93. The molecule has 2 heterocycles. The van der Waals surface area contributed by atoms with Gasteiger partial charge < -0.3 is 9.26 Å². The van der Waals surface area contributed by atoms with Crippen LogP contribution in [0.3, 0.4) is 0 Å². The molecule has 0 aliphatic carbocycles. The molecule has 0 spiro atoms. The van der Waals surface area contributed by atoms with Gasteiger partial charge in [-0.15, -0.1) is 5.10 Å². The van der Waals surface area contributed by atoms with E-state index in [1.54, 1.807) is 6.92 Å². The van der Waals surface area contributed by atoms with E-state index in [1.807, 2.05) is 0 Å². The lowest BCUT2D eigenvalue weighted by molar-refractivity contribution is 0.0520. The maximum Gasteiger partial charge on any atom is 0.361 e. The topological polar surface area (TPSA) is 93.9 Å². The number of aromatic amines is 1. The van der Waals surface area contributed by atoms with Gasteiger partial charge in [-0.05, 0) is 6.92 Å². The van der Waals surface area contributed by atoms with Crippen molar-refractivity contribution in [1.82, 2.24) is 20.6 Å². The summed E-state index contributed by atoms with van der Waals surface area (Å²) in [6.07, 6.45) is 2.82. The number of esters is 1. The molecule has 15 heavy (non-hydrogen) atoms. The summed E-state index contributed by atoms with van der Waals surface area (Å²) in [6, 6.07) is 0. The van der Waals surface area contributed by atoms with Crippen LogP contribution in [0.25, 0.3) is 11.3 Å². The standard InChI is InChI=1S/C8H8N4O3/c1-2-14-8(13)7-6(10-12-11-7)5-3-9-15-4-5/h3-4H,2H2,1H3,(H,10,11,12). The van der Waals surface area contributed by atoms with Gasteiger partial charge in [-0.2, -0.15) is 10.3 Å². The van der Waals surface area contributed by atoms with Crippen LogP contribution in [0.15, 0.2) is 17.0 Å². The summed E-state index contributed by atoms with van der Waals surface area (Å²) in [7, 11) is 0. The smallest absolute Gasteiger partial charge is 0.361 e. The van der Waals surface area contributed by atoms with E-state index < -0.39 is 5.97 Å². The monoisotopic (exact) mass is 208 g/mol. The third-order valence-corrected chi connectivity index (χ3v) is 1.72. The quantitative estimate of drug-likeness (QED) is 0.743. The minimum atomic E-state index is -0.526. The molecule has 0 unspecified atom stereocenters. The predicted molar refractivity (Wildman–Crippen MR) is 47.8 cm³/mol. The number of H-pyrrole nitrogens is 1. The number of hydrogen-bond acceptors (Lipinski definition) is 6. The van der Waals surface area contributed by atoms with E-state index in [1.165, 1.54) is 12.5 Å². The van der Waals surface area contributed by atoms with Crippen LogP contribution < -0.4 is 0 Å². The lowest BCUT2D eigenvalue weighted by Gasteiger charge is -1.97. The first-order valence-corrected chi connectivity index (χ1v) is 4.30. The zero-order valence-corrected chi connectivity index (χ0v) is 7.93. The van der Waals surface area contributed by atoms with E-state index >= 15 is 0 Å². The first-order chi connectivity index (χ1) is 7.33. The number of carbonyl (C=O) groups is 1. The van der Waals surface area contributed by atoms with Gasteiger partial charge in [-0.1, -0.05) is 5.16 Å². The summed E-state index contributed by atoms with van der Waals surface area (Å²) < 4.78 is 9.46. The summed E-state index contributed by atoms with van der Waals surface area (Å²) in [5, 5.41) is 13.4. The van der Waals surface area contributed by atoms with Crippen molar-refractivity contribution in [3.05, 3.63) is 18.2 Å². The van der Waals surface area contributed by atoms with Crippen molar-refractivity contribution in [2.24, 2.45) is 0 Å². The number of carbonyl (C=O) groups excluding carboxylic acids is 1. The maximum atomic E-state index is 11.4. The van der Waals surface area contributed by atoms with Gasteiger partial charge in [0, 0.05) is 0 Å². The van der Waals surface area contributed by atoms with Gasteiger partial charge in [0.2, 0.25) is 0 Å². The fourth-order valence-corrected chi connectivity index (χ4v) is 1.10. The molecule has 7 heteroatoms. The third kappa shape index (κ3) is 1.71. The molecule has 2 aromatic heterocycles. The second-order valence-electron chi connectivity index (χ2n) is 2.65. The molecule has 0 saturated carbocycles. The summed E-state index contributed by atoms with van der Waals surface area (Å²) >= 11 is 0. The van der Waals surface area contributed by atoms with Crippen molar-refractivity contribution >= 4 is 5.97 Å². The SMILES string of the molecule is CCOC(=O)c1n[nH]nc1-c1cnoc1. The Balaban J connectivity index is 2.34. The van der Waals surface area contributed by atoms with E-state index in [-0.39, 0.29) is 12.3 Å². The molecule has 0 saturated heterocycles. The Bertz CT molecular complexity index is 448. The molecule has 1 N–H and O–H groups in total. The zero-order chi connectivity index (χ0) is 10.7. The Kier molecular flexibility index (Phi) is 2.44. The molecule has 0 fully saturated rings. The van der Waals surface area contributed by atoms with Crippen molar-refractivity contribution in [3.8, 4) is 11.3 Å². The van der Waals surface area contributed by atoms with Gasteiger partial charge in [0.15, 0.2) is 5.69 Å². The molecule has 2 aromatic rings. The van der Waals surface area contributed by atoms with Crippen LogP contribution >= 0.6 is 0 Å². The molecular weight excluding hydrogens is 200 g/mol. The van der Waals surface area contributed by atoms with Gasteiger partial charge >= 0.3 is 5.97 Å². The Morgan fingerprint density at radius 2 is 2.47 bits per heavy atom. The van der Waals surface area contributed by atoms with E-state index in [2.05, 4.69) is 25.1 Å². The molecule has 0 radical (unpaired) electrons. The fraction of sp³-hybridized carbons (Fsp3) is 0.250. The van der Waals surface area contributed by atoms with E-state index in [9.17, 15) is 4.79 Å². The fourth-order valence-electron chi connectivity index (χ4n) is 1.10. The van der Waals surface area contributed by atoms with Gasteiger partial charge in [0.25, 0.3) is 0 Å². The van der Waals surface area contributed by atoms with Gasteiger partial charge in [0.05, 0.1) is 18.4 Å². The number of hydrogen-bond donors (Lipinski definition) is 1. The Morgan fingerprint density at radius 1 is 1.60 bits per heavy atom. The molecule has 0 atom stereocenters. The first-order valence-electron chi connectivity index (χ1n) is 4.30. The van der Waals surface area contributed by atoms with Gasteiger partial charge in [0.1, 0.15) is 12.0 Å². The second-order valence-corrected chi connectivity index (χ2v) is 2.65. The average Bonchev–Trinajstić information content (AvgIpc) is 2.88. The minimum Gasteiger partial charge on any atom is -0.461 e. The highest BCUT2D eigenvalue weighted by atomic mass is 16.5. The Hall–Kier alpha value is -2.18. The van der Waals surface area contributed by atoms with Crippen LogP contribution in [-0.4, -0.2) is 33.1 Å². The average molecular weight is 208 g/mol. The Labute approximate surface area is 84.4 Å². The molecule has 2 rings (SSSR count). The van der Waals surface area contributed by atoms with Crippen LogP contribution in [0.4, 0.5) is 0 Å². The molecule has 78 valence electrons. The molecule has 7 nitrogen and oxygen atoms in total. The van der Waals surface area contributed by atoms with Crippen LogP contribution in [-0.2, 0) is 4.74 Å². The number of rotatable bonds is 3. The summed E-state index contributed by atoms with van der Waals surface area (Å²) in [6.45, 7) is 2.01. The zero-order valence-electron chi connectivity index (χ0n) is 7.93. The van der Waals surface area contributed by atoms with Crippen LogP contribution in [0.1, 0.15) is 17.4 Å². The Morgan fingerprint density at radius 3 is 3.13 bits per heavy atom. The van der Waals surface area contributed by atoms with Crippen molar-refractivity contribution in [2.45, 2.75) is 6.92 Å². The molecule has 0 bridgehead atoms. The van der Waals surface area contributed by atoms with Crippen molar-refractivity contribution < 1.29 is 14.1 Å². The van der Waals surface area contributed by atoms with Gasteiger partial charge in [-0.3, -0.25) is 0 Å². The number of ether oxygens (including phenoxy) is 1. The molecule has 0 aromatic carbocycles. The van der Waals surface area contributed by atoms with Crippen molar-refractivity contribution in [3.63, 3.8) is 0 Å². The molecule has 0 amide bonds. The molecular formula is C8H8N4O3. The lowest BCUT2D eigenvalue weighted by Crippen LogP contribution is -2.06. The minimum absolute atomic E-state index is 0.125. The van der Waals surface area contributed by atoms with Gasteiger partial charge in [-0.25, -0.2) is 4.79 Å². The number of nitrogens with zero attached hydrogens (tertiary/aromatic N) is 3.